The number of hydrogen-bond donors (Lipinski definition) is 3. The first-order chi connectivity index (χ1) is 15.7. The number of halogens is 3. The van der Waals surface area contributed by atoms with Crippen LogP contribution in [0.2, 0.25) is 10.0 Å². The van der Waals surface area contributed by atoms with Gasteiger partial charge in [0.25, 0.3) is 5.91 Å². The van der Waals surface area contributed by atoms with E-state index in [1.807, 2.05) is 0 Å². The van der Waals surface area contributed by atoms with Gasteiger partial charge in [0.15, 0.2) is 10.3 Å². The van der Waals surface area contributed by atoms with Crippen LogP contribution in [-0.4, -0.2) is 59.2 Å². The summed E-state index contributed by atoms with van der Waals surface area (Å²) in [6.45, 7) is 2.08. The maximum atomic E-state index is 15.0. The SMILES string of the molecule is COC(=O)c1sc(N2CC[C@@H](NC(=O)c3[nH]c(C)c(Cl)c3Cl)[C@@H](F)C2)nc1-c1csc(N)n1. The fourth-order valence-electron chi connectivity index (χ4n) is 3.45. The van der Waals surface area contributed by atoms with Crippen LogP contribution in [0.1, 0.15) is 32.3 Å². The Morgan fingerprint density at radius 2 is 2.12 bits per heavy atom. The second kappa shape index (κ2) is 9.45. The molecule has 2 atom stereocenters. The minimum Gasteiger partial charge on any atom is -0.465 e. The fraction of sp³-hybridized carbons (Fsp3) is 0.368. The summed E-state index contributed by atoms with van der Waals surface area (Å²) in [6.07, 6.45) is -1.05. The predicted molar refractivity (Wildman–Crippen MR) is 128 cm³/mol. The van der Waals surface area contributed by atoms with E-state index in [0.717, 1.165) is 11.3 Å². The number of nitrogens with two attached hydrogens (primary N) is 1. The molecule has 1 aliphatic heterocycles. The van der Waals surface area contributed by atoms with Gasteiger partial charge in [-0.25, -0.2) is 19.2 Å². The van der Waals surface area contributed by atoms with E-state index in [2.05, 4.69) is 20.3 Å². The molecule has 1 fully saturated rings. The molecule has 4 rings (SSSR count). The zero-order valence-electron chi connectivity index (χ0n) is 17.4. The molecule has 1 saturated heterocycles. The van der Waals surface area contributed by atoms with Gasteiger partial charge in [-0.3, -0.25) is 4.79 Å². The summed E-state index contributed by atoms with van der Waals surface area (Å²) in [5.74, 6) is -1.09. The Kier molecular flexibility index (Phi) is 6.80. The summed E-state index contributed by atoms with van der Waals surface area (Å²) < 4.78 is 19.9. The average Bonchev–Trinajstić information content (AvgIpc) is 3.49. The van der Waals surface area contributed by atoms with Crippen LogP contribution in [0, 0.1) is 6.92 Å². The summed E-state index contributed by atoms with van der Waals surface area (Å²) >= 11 is 14.4. The van der Waals surface area contributed by atoms with Gasteiger partial charge in [-0.15, -0.1) is 11.3 Å². The number of methoxy groups -OCH3 is 1. The molecule has 0 aromatic carbocycles. The van der Waals surface area contributed by atoms with Crippen molar-refractivity contribution in [2.75, 3.05) is 30.8 Å². The normalized spacial score (nSPS) is 18.4. The molecule has 1 aliphatic rings. The van der Waals surface area contributed by atoms with Crippen molar-refractivity contribution >= 4 is 68.0 Å². The number of carbonyl (C=O) groups excluding carboxylic acids is 2. The number of alkyl halides is 1. The number of rotatable bonds is 5. The number of piperidine rings is 1. The number of amides is 1. The van der Waals surface area contributed by atoms with Gasteiger partial charge in [-0.2, -0.15) is 0 Å². The predicted octanol–water partition coefficient (Wildman–Crippen LogP) is 3.93. The molecule has 176 valence electrons. The Balaban J connectivity index is 1.49. The van der Waals surface area contributed by atoms with E-state index >= 15 is 4.39 Å². The van der Waals surface area contributed by atoms with Gasteiger partial charge in [-0.05, 0) is 13.3 Å². The highest BCUT2D eigenvalue weighted by Gasteiger charge is 2.34. The molecule has 4 N–H and O–H groups in total. The standard InChI is InChI=1S/C19H19Cl2FN6O3S2/c1-7-11(20)12(21)14(24-7)16(29)25-9-3-4-28(5-8(9)22)19-27-13(10-6-32-18(23)26-10)15(33-19)17(30)31-2/h6,8-9,24H,3-5H2,1-2H3,(H2,23,26)(H,25,29)/t8-,9+/m0/s1. The van der Waals surface area contributed by atoms with E-state index < -0.39 is 24.1 Å². The van der Waals surface area contributed by atoms with Crippen molar-refractivity contribution in [1.29, 1.82) is 0 Å². The van der Waals surface area contributed by atoms with Crippen molar-refractivity contribution in [3.05, 3.63) is 31.7 Å². The van der Waals surface area contributed by atoms with Crippen LogP contribution in [-0.2, 0) is 4.74 Å². The average molecular weight is 533 g/mol. The number of aromatic amines is 1. The lowest BCUT2D eigenvalue weighted by molar-refractivity contribution is 0.0606. The Morgan fingerprint density at radius 1 is 1.36 bits per heavy atom. The number of nitrogens with one attached hydrogen (secondary N) is 2. The first-order valence-electron chi connectivity index (χ1n) is 9.73. The molecule has 0 spiro atoms. The monoisotopic (exact) mass is 532 g/mol. The number of aryl methyl sites for hydroxylation is 1. The number of H-pyrrole nitrogens is 1. The lowest BCUT2D eigenvalue weighted by Gasteiger charge is -2.34. The summed E-state index contributed by atoms with van der Waals surface area (Å²) in [4.78, 5) is 38.4. The van der Waals surface area contributed by atoms with Crippen LogP contribution in [0.3, 0.4) is 0 Å². The van der Waals surface area contributed by atoms with Gasteiger partial charge >= 0.3 is 5.97 Å². The van der Waals surface area contributed by atoms with E-state index in [1.165, 1.54) is 18.4 Å². The molecule has 9 nitrogen and oxygen atoms in total. The van der Waals surface area contributed by atoms with Gasteiger partial charge < -0.3 is 25.7 Å². The molecule has 0 unspecified atom stereocenters. The molecular formula is C19H19Cl2FN6O3S2. The van der Waals surface area contributed by atoms with E-state index in [-0.39, 0.29) is 27.2 Å². The topological polar surface area (TPSA) is 126 Å². The quantitative estimate of drug-likeness (QED) is 0.425. The van der Waals surface area contributed by atoms with Crippen LogP contribution in [0.5, 0.6) is 0 Å². The molecule has 0 bridgehead atoms. The number of hydrogen-bond acceptors (Lipinski definition) is 9. The van der Waals surface area contributed by atoms with Crippen LogP contribution in [0.25, 0.3) is 11.4 Å². The van der Waals surface area contributed by atoms with Crippen molar-refractivity contribution in [3.63, 3.8) is 0 Å². The molecule has 14 heteroatoms. The number of esters is 1. The maximum Gasteiger partial charge on any atom is 0.350 e. The van der Waals surface area contributed by atoms with E-state index in [1.54, 1.807) is 17.2 Å². The van der Waals surface area contributed by atoms with Crippen molar-refractivity contribution in [3.8, 4) is 11.4 Å². The number of ether oxygens (including phenoxy) is 1. The van der Waals surface area contributed by atoms with Crippen molar-refractivity contribution in [2.24, 2.45) is 0 Å². The number of anilines is 2. The third-order valence-corrected chi connectivity index (χ3v) is 7.88. The zero-order chi connectivity index (χ0) is 23.9. The number of nitrogens with zero attached hydrogens (tertiary/aromatic N) is 3. The molecule has 33 heavy (non-hydrogen) atoms. The summed E-state index contributed by atoms with van der Waals surface area (Å²) in [6, 6.07) is -0.718. The lowest BCUT2D eigenvalue weighted by Crippen LogP contribution is -2.52. The first-order valence-corrected chi connectivity index (χ1v) is 12.2. The molecular weight excluding hydrogens is 514 g/mol. The molecule has 4 heterocycles. The van der Waals surface area contributed by atoms with Crippen molar-refractivity contribution in [2.45, 2.75) is 25.6 Å². The molecule has 0 radical (unpaired) electrons. The highest BCUT2D eigenvalue weighted by atomic mass is 35.5. The van der Waals surface area contributed by atoms with Gasteiger partial charge in [0.1, 0.15) is 28.1 Å². The number of thiazole rings is 2. The van der Waals surface area contributed by atoms with Gasteiger partial charge in [-0.1, -0.05) is 34.5 Å². The van der Waals surface area contributed by atoms with Crippen LogP contribution < -0.4 is 16.0 Å². The van der Waals surface area contributed by atoms with E-state index in [9.17, 15) is 9.59 Å². The Bertz CT molecular complexity index is 1210. The van der Waals surface area contributed by atoms with E-state index in [4.69, 9.17) is 33.7 Å². The van der Waals surface area contributed by atoms with Crippen LogP contribution in [0.4, 0.5) is 14.7 Å². The van der Waals surface area contributed by atoms with Gasteiger partial charge in [0.05, 0.1) is 29.7 Å². The minimum absolute atomic E-state index is 0.0179. The van der Waals surface area contributed by atoms with Crippen LogP contribution in [0.15, 0.2) is 5.38 Å². The second-order valence-corrected chi connectivity index (χ2v) is 9.94. The highest BCUT2D eigenvalue weighted by Crippen LogP contribution is 2.36. The largest absolute Gasteiger partial charge is 0.465 e. The third kappa shape index (κ3) is 4.65. The summed E-state index contributed by atoms with van der Waals surface area (Å²) in [5, 5.41) is 5.54. The van der Waals surface area contributed by atoms with Crippen molar-refractivity contribution < 1.29 is 18.7 Å². The summed E-state index contributed by atoms with van der Waals surface area (Å²) in [7, 11) is 1.28. The van der Waals surface area contributed by atoms with Crippen molar-refractivity contribution in [1.82, 2.24) is 20.3 Å². The molecule has 3 aromatic heterocycles. The molecule has 3 aromatic rings. The van der Waals surface area contributed by atoms with E-state index in [0.29, 0.717) is 40.3 Å². The number of nitrogen functional groups attached to an aromatic ring is 1. The minimum atomic E-state index is -1.38. The Morgan fingerprint density at radius 3 is 2.70 bits per heavy atom. The molecule has 1 amide bonds. The number of aromatic nitrogens is 3. The second-order valence-electron chi connectivity index (χ2n) is 7.32. The zero-order valence-corrected chi connectivity index (χ0v) is 20.6. The molecule has 0 aliphatic carbocycles. The van der Waals surface area contributed by atoms with Crippen LogP contribution >= 0.6 is 45.9 Å². The first kappa shape index (κ1) is 23.7. The Hall–Kier alpha value is -2.41. The number of carbonyl (C=O) groups is 2. The van der Waals surface area contributed by atoms with Gasteiger partial charge in [0, 0.05) is 17.6 Å². The fourth-order valence-corrected chi connectivity index (χ4v) is 5.45. The lowest BCUT2D eigenvalue weighted by atomic mass is 10.0. The smallest absolute Gasteiger partial charge is 0.350 e. The Labute approximate surface area is 206 Å². The van der Waals surface area contributed by atoms with Gasteiger partial charge in [0.2, 0.25) is 0 Å². The molecule has 0 saturated carbocycles. The summed E-state index contributed by atoms with van der Waals surface area (Å²) in [5.41, 5.74) is 7.17. The highest BCUT2D eigenvalue weighted by molar-refractivity contribution is 7.18. The third-order valence-electron chi connectivity index (χ3n) is 5.16. The maximum absolute atomic E-state index is 15.0.